The van der Waals surface area contributed by atoms with Crippen molar-refractivity contribution in [2.45, 2.75) is 63.6 Å². The lowest BCUT2D eigenvalue weighted by Gasteiger charge is -2.33. The number of halogens is 2. The van der Waals surface area contributed by atoms with Crippen molar-refractivity contribution in [3.05, 3.63) is 99.5 Å². The van der Waals surface area contributed by atoms with Crippen LogP contribution in [0.3, 0.4) is 0 Å². The van der Waals surface area contributed by atoms with Gasteiger partial charge in [0.15, 0.2) is 0 Å². The van der Waals surface area contributed by atoms with Crippen LogP contribution in [0.4, 0.5) is 5.69 Å². The number of nitrogens with one attached hydrogen (secondary N) is 1. The maximum absolute atomic E-state index is 14.0. The number of anilines is 1. The maximum Gasteiger partial charge on any atom is 0.243 e. The summed E-state index contributed by atoms with van der Waals surface area (Å²) in [5, 5.41) is 3.64. The fraction of sp³-hybridized carbons (Fsp3) is 0.375. The van der Waals surface area contributed by atoms with Gasteiger partial charge < -0.3 is 10.2 Å². The number of nitrogens with zero attached hydrogens (tertiary/aromatic N) is 2. The Bertz CT molecular complexity index is 1450. The highest BCUT2D eigenvalue weighted by atomic mass is 79.9. The smallest absolute Gasteiger partial charge is 0.243 e. The van der Waals surface area contributed by atoms with E-state index in [1.165, 1.54) is 4.31 Å². The first-order valence-corrected chi connectivity index (χ1v) is 17.2. The van der Waals surface area contributed by atoms with E-state index in [1.54, 1.807) is 29.2 Å². The minimum atomic E-state index is -3.61. The van der Waals surface area contributed by atoms with Crippen molar-refractivity contribution < 1.29 is 18.0 Å². The first-order valence-electron chi connectivity index (χ1n) is 14.2. The van der Waals surface area contributed by atoms with Gasteiger partial charge >= 0.3 is 0 Å². The molecule has 0 unspecified atom stereocenters. The zero-order chi connectivity index (χ0) is 30.1. The van der Waals surface area contributed by atoms with Gasteiger partial charge in [-0.15, -0.1) is 0 Å². The molecule has 2 amide bonds. The minimum absolute atomic E-state index is 0.0745. The van der Waals surface area contributed by atoms with E-state index in [0.29, 0.717) is 17.1 Å². The minimum Gasteiger partial charge on any atom is -0.352 e. The molecule has 1 saturated carbocycles. The Labute approximate surface area is 262 Å². The number of amides is 2. The molecule has 42 heavy (non-hydrogen) atoms. The Hall–Kier alpha value is -2.88. The van der Waals surface area contributed by atoms with Crippen LogP contribution in [0.2, 0.25) is 5.02 Å². The quantitative estimate of drug-likeness (QED) is 0.229. The van der Waals surface area contributed by atoms with Crippen molar-refractivity contribution in [3.8, 4) is 0 Å². The van der Waals surface area contributed by atoms with Crippen LogP contribution in [0, 0.1) is 0 Å². The molecular formula is C32H37BrClN3O4S. The molecule has 0 saturated heterocycles. The maximum atomic E-state index is 14.0. The van der Waals surface area contributed by atoms with Gasteiger partial charge in [0.2, 0.25) is 21.8 Å². The second kappa shape index (κ2) is 15.0. The van der Waals surface area contributed by atoms with Crippen molar-refractivity contribution in [3.63, 3.8) is 0 Å². The van der Waals surface area contributed by atoms with Gasteiger partial charge in [-0.3, -0.25) is 13.9 Å². The molecule has 7 nitrogen and oxygen atoms in total. The molecule has 1 fully saturated rings. The zero-order valence-corrected chi connectivity index (χ0v) is 26.9. The lowest BCUT2D eigenvalue weighted by molar-refractivity contribution is -0.141. The molecular weight excluding hydrogens is 638 g/mol. The highest BCUT2D eigenvalue weighted by Gasteiger charge is 2.32. The van der Waals surface area contributed by atoms with Crippen LogP contribution >= 0.6 is 27.5 Å². The lowest BCUT2D eigenvalue weighted by Crippen LogP contribution is -2.52. The Morgan fingerprint density at radius 2 is 1.67 bits per heavy atom. The number of sulfonamides is 1. The Balaban J connectivity index is 1.58. The molecule has 0 spiro atoms. The zero-order valence-electron chi connectivity index (χ0n) is 23.7. The number of hydrogen-bond acceptors (Lipinski definition) is 4. The average molecular weight is 675 g/mol. The SMILES string of the molecule is CS(=O)(=O)N(CCCC(=O)N(Cc1ccc(Br)cc1)[C@@H](Cc1ccccc1)C(=O)NC1CCCC1)c1cccc(Cl)c1. The van der Waals surface area contributed by atoms with E-state index < -0.39 is 16.1 Å². The van der Waals surface area contributed by atoms with Crippen molar-refractivity contribution in [2.24, 2.45) is 0 Å². The highest BCUT2D eigenvalue weighted by Crippen LogP contribution is 2.24. The summed E-state index contributed by atoms with van der Waals surface area (Å²) in [5.74, 6) is -0.368. The molecule has 0 heterocycles. The molecule has 0 aliphatic heterocycles. The molecule has 224 valence electrons. The molecule has 4 rings (SSSR count). The summed E-state index contributed by atoms with van der Waals surface area (Å²) in [6.07, 6.45) is 5.91. The summed E-state index contributed by atoms with van der Waals surface area (Å²) in [6.45, 7) is 0.362. The van der Waals surface area contributed by atoms with Crippen LogP contribution in [-0.4, -0.2) is 50.0 Å². The van der Waals surface area contributed by atoms with Gasteiger partial charge in [-0.25, -0.2) is 8.42 Å². The summed E-state index contributed by atoms with van der Waals surface area (Å²) in [7, 11) is -3.61. The molecule has 0 radical (unpaired) electrons. The molecule has 1 aliphatic carbocycles. The number of carbonyl (C=O) groups is 2. The second-order valence-electron chi connectivity index (χ2n) is 10.8. The van der Waals surface area contributed by atoms with Crippen LogP contribution in [0.15, 0.2) is 83.3 Å². The van der Waals surface area contributed by atoms with E-state index in [2.05, 4.69) is 21.2 Å². The summed E-state index contributed by atoms with van der Waals surface area (Å²) in [4.78, 5) is 29.4. The topological polar surface area (TPSA) is 86.8 Å². The molecule has 3 aromatic rings. The van der Waals surface area contributed by atoms with E-state index in [0.717, 1.165) is 47.5 Å². The monoisotopic (exact) mass is 673 g/mol. The van der Waals surface area contributed by atoms with Gasteiger partial charge in [0.05, 0.1) is 11.9 Å². The van der Waals surface area contributed by atoms with Gasteiger partial charge in [0.25, 0.3) is 0 Å². The van der Waals surface area contributed by atoms with Crippen LogP contribution < -0.4 is 9.62 Å². The number of hydrogen-bond donors (Lipinski definition) is 1. The predicted molar refractivity (Wildman–Crippen MR) is 172 cm³/mol. The third-order valence-electron chi connectivity index (χ3n) is 7.49. The first kappa shape index (κ1) is 32.0. The van der Waals surface area contributed by atoms with Gasteiger partial charge in [0, 0.05) is 41.5 Å². The summed E-state index contributed by atoms with van der Waals surface area (Å²) >= 11 is 9.59. The summed E-state index contributed by atoms with van der Waals surface area (Å²) in [5.41, 5.74) is 2.30. The van der Waals surface area contributed by atoms with Crippen molar-refractivity contribution in [1.29, 1.82) is 0 Å². The highest BCUT2D eigenvalue weighted by molar-refractivity contribution is 9.10. The number of rotatable bonds is 13. The third kappa shape index (κ3) is 9.31. The number of carbonyl (C=O) groups excluding carboxylic acids is 2. The molecule has 0 bridgehead atoms. The van der Waals surface area contributed by atoms with Gasteiger partial charge in [-0.2, -0.15) is 0 Å². The van der Waals surface area contributed by atoms with Gasteiger partial charge in [-0.1, -0.05) is 88.9 Å². The van der Waals surface area contributed by atoms with Crippen molar-refractivity contribution >= 4 is 55.1 Å². The molecule has 1 N–H and O–H groups in total. The molecule has 1 aliphatic rings. The Morgan fingerprint density at radius 1 is 0.976 bits per heavy atom. The summed E-state index contributed by atoms with van der Waals surface area (Å²) in [6, 6.07) is 23.4. The van der Waals surface area contributed by atoms with E-state index in [4.69, 9.17) is 11.6 Å². The lowest BCUT2D eigenvalue weighted by atomic mass is 10.0. The van der Waals surface area contributed by atoms with E-state index in [9.17, 15) is 18.0 Å². The fourth-order valence-corrected chi connectivity index (χ4v) is 6.75. The van der Waals surface area contributed by atoms with Crippen molar-refractivity contribution in [1.82, 2.24) is 10.2 Å². The van der Waals surface area contributed by atoms with Gasteiger partial charge in [-0.05, 0) is 60.7 Å². The van der Waals surface area contributed by atoms with E-state index in [1.807, 2.05) is 54.6 Å². The third-order valence-corrected chi connectivity index (χ3v) is 9.45. The van der Waals surface area contributed by atoms with Crippen LogP contribution in [0.1, 0.15) is 49.7 Å². The second-order valence-corrected chi connectivity index (χ2v) is 14.0. The van der Waals surface area contributed by atoms with Crippen LogP contribution in [0.5, 0.6) is 0 Å². The Kier molecular flexibility index (Phi) is 11.5. The molecule has 1 atom stereocenters. The molecule has 10 heteroatoms. The molecule has 3 aromatic carbocycles. The van der Waals surface area contributed by atoms with Crippen LogP contribution in [-0.2, 0) is 32.6 Å². The Morgan fingerprint density at radius 3 is 2.31 bits per heavy atom. The van der Waals surface area contributed by atoms with Crippen molar-refractivity contribution in [2.75, 3.05) is 17.1 Å². The molecule has 0 aromatic heterocycles. The van der Waals surface area contributed by atoms with Crippen LogP contribution in [0.25, 0.3) is 0 Å². The standard InChI is InChI=1S/C32H37BrClN3O4S/c1-42(40,41)37(29-14-7-11-27(34)22-29)20-8-15-31(38)36(23-25-16-18-26(33)19-17-25)30(21-24-9-3-2-4-10-24)32(39)35-28-12-5-6-13-28/h2-4,7,9-11,14,16-19,22,28,30H,5-6,8,12-13,15,20-21,23H2,1H3,(H,35,39)/t30-/m0/s1. The normalized spacial score (nSPS) is 14.4. The van der Waals surface area contributed by atoms with E-state index >= 15 is 0 Å². The average Bonchev–Trinajstić information content (AvgIpc) is 3.47. The summed E-state index contributed by atoms with van der Waals surface area (Å²) < 4.78 is 27.4. The number of benzene rings is 3. The predicted octanol–water partition coefficient (Wildman–Crippen LogP) is 6.35. The fourth-order valence-electron chi connectivity index (χ4n) is 5.34. The first-order chi connectivity index (χ1) is 20.1. The van der Waals surface area contributed by atoms with E-state index in [-0.39, 0.29) is 43.8 Å². The largest absolute Gasteiger partial charge is 0.352 e. The van der Waals surface area contributed by atoms with Gasteiger partial charge in [0.1, 0.15) is 6.04 Å².